The van der Waals surface area contributed by atoms with Crippen LogP contribution in [0, 0.1) is 6.92 Å². The summed E-state index contributed by atoms with van der Waals surface area (Å²) >= 11 is 0. The van der Waals surface area contributed by atoms with Crippen LogP contribution in [0.25, 0.3) is 0 Å². The molecule has 0 saturated carbocycles. The summed E-state index contributed by atoms with van der Waals surface area (Å²) in [7, 11) is 0. The molecule has 0 fully saturated rings. The van der Waals surface area contributed by atoms with Gasteiger partial charge in [0.05, 0.1) is 0 Å². The monoisotopic (exact) mass is 192 g/mol. The van der Waals surface area contributed by atoms with E-state index in [1.807, 2.05) is 0 Å². The number of benzene rings is 1. The van der Waals surface area contributed by atoms with E-state index in [2.05, 4.69) is 39.0 Å². The molecule has 1 aromatic carbocycles. The zero-order chi connectivity index (χ0) is 10.7. The highest BCUT2D eigenvalue weighted by Gasteiger charge is 2.09. The van der Waals surface area contributed by atoms with E-state index in [1.165, 1.54) is 16.7 Å². The smallest absolute Gasteiger partial charge is 0.0422 e. The molecule has 1 rings (SSSR count). The number of aryl methyl sites for hydroxylation is 1. The minimum Gasteiger partial charge on any atom is -0.329 e. The molecule has 2 heteroatoms. The Morgan fingerprint density at radius 2 is 1.93 bits per heavy atom. The Hall–Kier alpha value is -0.860. The predicted molar refractivity (Wildman–Crippen MR) is 61.3 cm³/mol. The zero-order valence-corrected chi connectivity index (χ0v) is 9.25. The molecule has 14 heavy (non-hydrogen) atoms. The average molecular weight is 192 g/mol. The summed E-state index contributed by atoms with van der Waals surface area (Å²) in [4.78, 5) is 0. The molecular formula is C12H20N2. The molecule has 0 aliphatic rings. The normalized spacial score (nSPS) is 13.3. The highest BCUT2D eigenvalue weighted by molar-refractivity contribution is 5.34. The molecule has 0 aliphatic carbocycles. The molecule has 0 heterocycles. The van der Waals surface area contributed by atoms with Gasteiger partial charge in [-0.2, -0.15) is 0 Å². The van der Waals surface area contributed by atoms with Gasteiger partial charge in [-0.1, -0.05) is 32.0 Å². The molecule has 2 nitrogen and oxygen atoms in total. The van der Waals surface area contributed by atoms with E-state index in [1.54, 1.807) is 0 Å². The molecule has 0 bridgehead atoms. The van der Waals surface area contributed by atoms with Crippen molar-refractivity contribution in [1.29, 1.82) is 0 Å². The average Bonchev–Trinajstić information content (AvgIpc) is 2.17. The van der Waals surface area contributed by atoms with Crippen LogP contribution in [0.15, 0.2) is 18.2 Å². The number of nitrogens with two attached hydrogens (primary N) is 2. The van der Waals surface area contributed by atoms with Gasteiger partial charge in [0.1, 0.15) is 0 Å². The van der Waals surface area contributed by atoms with Crippen LogP contribution in [0.3, 0.4) is 0 Å². The fourth-order valence-electron chi connectivity index (χ4n) is 1.54. The summed E-state index contributed by atoms with van der Waals surface area (Å²) in [6.45, 7) is 6.95. The lowest BCUT2D eigenvalue weighted by Gasteiger charge is -2.15. The van der Waals surface area contributed by atoms with Crippen molar-refractivity contribution in [3.05, 3.63) is 34.9 Å². The second kappa shape index (κ2) is 4.58. The van der Waals surface area contributed by atoms with Crippen molar-refractivity contribution >= 4 is 0 Å². The van der Waals surface area contributed by atoms with E-state index in [0.717, 1.165) is 0 Å². The van der Waals surface area contributed by atoms with Crippen LogP contribution in [-0.2, 0) is 0 Å². The van der Waals surface area contributed by atoms with Gasteiger partial charge in [-0.25, -0.2) is 0 Å². The molecule has 0 spiro atoms. The van der Waals surface area contributed by atoms with Crippen molar-refractivity contribution in [3.63, 3.8) is 0 Å². The lowest BCUT2D eigenvalue weighted by Crippen LogP contribution is -2.21. The molecule has 78 valence electrons. The second-order valence-corrected chi connectivity index (χ2v) is 4.11. The molecule has 0 saturated heterocycles. The molecule has 0 unspecified atom stereocenters. The van der Waals surface area contributed by atoms with Gasteiger partial charge >= 0.3 is 0 Å². The third kappa shape index (κ3) is 2.34. The van der Waals surface area contributed by atoms with E-state index in [9.17, 15) is 0 Å². The van der Waals surface area contributed by atoms with Crippen molar-refractivity contribution in [3.8, 4) is 0 Å². The van der Waals surface area contributed by atoms with E-state index in [0.29, 0.717) is 12.5 Å². The van der Waals surface area contributed by atoms with E-state index in [4.69, 9.17) is 11.5 Å². The van der Waals surface area contributed by atoms with Crippen LogP contribution in [-0.4, -0.2) is 6.54 Å². The van der Waals surface area contributed by atoms with Crippen LogP contribution in [0.2, 0.25) is 0 Å². The third-order valence-electron chi connectivity index (χ3n) is 2.62. The van der Waals surface area contributed by atoms with E-state index in [-0.39, 0.29) is 6.04 Å². The first-order valence-electron chi connectivity index (χ1n) is 5.12. The Morgan fingerprint density at radius 1 is 1.29 bits per heavy atom. The zero-order valence-electron chi connectivity index (χ0n) is 9.25. The van der Waals surface area contributed by atoms with Gasteiger partial charge in [0.2, 0.25) is 0 Å². The third-order valence-corrected chi connectivity index (χ3v) is 2.62. The highest BCUT2D eigenvalue weighted by Crippen LogP contribution is 2.21. The summed E-state index contributed by atoms with van der Waals surface area (Å²) in [6, 6.07) is 6.43. The SMILES string of the molecule is Cc1ccc(C(C)C)cc1[C@H](N)CN. The maximum absolute atomic E-state index is 5.94. The Balaban J connectivity index is 3.08. The number of rotatable bonds is 3. The van der Waals surface area contributed by atoms with Gasteiger partial charge in [-0.15, -0.1) is 0 Å². The van der Waals surface area contributed by atoms with Crippen LogP contribution >= 0.6 is 0 Å². The van der Waals surface area contributed by atoms with Crippen molar-refractivity contribution in [2.24, 2.45) is 11.5 Å². The van der Waals surface area contributed by atoms with Crippen LogP contribution < -0.4 is 11.5 Å². The van der Waals surface area contributed by atoms with E-state index < -0.39 is 0 Å². The van der Waals surface area contributed by atoms with Crippen molar-refractivity contribution in [1.82, 2.24) is 0 Å². The topological polar surface area (TPSA) is 52.0 Å². The van der Waals surface area contributed by atoms with Crippen LogP contribution in [0.5, 0.6) is 0 Å². The summed E-state index contributed by atoms with van der Waals surface area (Å²) in [5.41, 5.74) is 15.2. The predicted octanol–water partition coefficient (Wildman–Crippen LogP) is 2.08. The minimum absolute atomic E-state index is 0.0336. The molecule has 0 aromatic heterocycles. The Kier molecular flexibility index (Phi) is 3.67. The molecule has 0 amide bonds. The van der Waals surface area contributed by atoms with Gasteiger partial charge < -0.3 is 11.5 Å². The molecule has 1 atom stereocenters. The summed E-state index contributed by atoms with van der Waals surface area (Å²) in [5, 5.41) is 0. The molecule has 0 radical (unpaired) electrons. The van der Waals surface area contributed by atoms with Crippen molar-refractivity contribution in [2.45, 2.75) is 32.7 Å². The fraction of sp³-hybridized carbons (Fsp3) is 0.500. The quantitative estimate of drug-likeness (QED) is 0.770. The van der Waals surface area contributed by atoms with Gasteiger partial charge in [0, 0.05) is 12.6 Å². The van der Waals surface area contributed by atoms with Crippen molar-refractivity contribution < 1.29 is 0 Å². The van der Waals surface area contributed by atoms with E-state index >= 15 is 0 Å². The van der Waals surface area contributed by atoms with Gasteiger partial charge in [-0.05, 0) is 29.5 Å². The van der Waals surface area contributed by atoms with Crippen molar-refractivity contribution in [2.75, 3.05) is 6.54 Å². The largest absolute Gasteiger partial charge is 0.329 e. The van der Waals surface area contributed by atoms with Crippen LogP contribution in [0.1, 0.15) is 42.5 Å². The lowest BCUT2D eigenvalue weighted by atomic mass is 9.94. The van der Waals surface area contributed by atoms with Gasteiger partial charge in [-0.3, -0.25) is 0 Å². The highest BCUT2D eigenvalue weighted by atomic mass is 14.7. The number of hydrogen-bond donors (Lipinski definition) is 2. The molecule has 1 aromatic rings. The first-order valence-corrected chi connectivity index (χ1v) is 5.12. The Labute approximate surface area is 86.3 Å². The summed E-state index contributed by atoms with van der Waals surface area (Å²) < 4.78 is 0. The second-order valence-electron chi connectivity index (χ2n) is 4.11. The lowest BCUT2D eigenvalue weighted by molar-refractivity contribution is 0.727. The molecule has 0 aliphatic heterocycles. The summed E-state index contributed by atoms with van der Waals surface area (Å²) in [5.74, 6) is 0.541. The molecule has 4 N–H and O–H groups in total. The fourth-order valence-corrected chi connectivity index (χ4v) is 1.54. The first kappa shape index (κ1) is 11.2. The molecular weight excluding hydrogens is 172 g/mol. The summed E-state index contributed by atoms with van der Waals surface area (Å²) in [6.07, 6.45) is 0. The Morgan fingerprint density at radius 3 is 2.43 bits per heavy atom. The van der Waals surface area contributed by atoms with Gasteiger partial charge in [0.15, 0.2) is 0 Å². The standard InChI is InChI=1S/C12H20N2/c1-8(2)10-5-4-9(3)11(6-10)12(14)7-13/h4-6,8,12H,7,13-14H2,1-3H3/t12-/m1/s1. The number of hydrogen-bond acceptors (Lipinski definition) is 2. The van der Waals surface area contributed by atoms with Gasteiger partial charge in [0.25, 0.3) is 0 Å². The Bertz CT molecular complexity index is 305. The first-order chi connectivity index (χ1) is 6.56. The minimum atomic E-state index is -0.0336. The maximum atomic E-state index is 5.94. The maximum Gasteiger partial charge on any atom is 0.0422 e. The van der Waals surface area contributed by atoms with Crippen LogP contribution in [0.4, 0.5) is 0 Å².